The molecule has 34 heavy (non-hydrogen) atoms. The first-order valence-electron chi connectivity index (χ1n) is 11.8. The van der Waals surface area contributed by atoms with Crippen LogP contribution < -0.4 is 4.90 Å². The van der Waals surface area contributed by atoms with Crippen molar-refractivity contribution in [1.82, 2.24) is 25.1 Å². The largest absolute Gasteiger partial charge is 0.369 e. The number of fused-ring (bicyclic) bond motifs is 1. The van der Waals surface area contributed by atoms with Crippen LogP contribution in [0.5, 0.6) is 0 Å². The van der Waals surface area contributed by atoms with Crippen molar-refractivity contribution in [2.24, 2.45) is 0 Å². The number of nitrogens with zero attached hydrogens (tertiary/aromatic N) is 5. The highest BCUT2D eigenvalue weighted by Crippen LogP contribution is 2.30. The molecule has 6 nitrogen and oxygen atoms in total. The summed E-state index contributed by atoms with van der Waals surface area (Å²) >= 11 is 0. The lowest BCUT2D eigenvalue weighted by atomic mass is 10.1. The molecule has 1 fully saturated rings. The van der Waals surface area contributed by atoms with Gasteiger partial charge in [-0.25, -0.2) is 18.7 Å². The van der Waals surface area contributed by atoms with Gasteiger partial charge in [0, 0.05) is 37.4 Å². The van der Waals surface area contributed by atoms with Crippen LogP contribution in [-0.4, -0.2) is 57.8 Å². The van der Waals surface area contributed by atoms with Crippen molar-refractivity contribution in [3.63, 3.8) is 0 Å². The fourth-order valence-electron chi connectivity index (χ4n) is 4.56. The Morgan fingerprint density at radius 2 is 1.68 bits per heavy atom. The van der Waals surface area contributed by atoms with Gasteiger partial charge >= 0.3 is 0 Å². The highest BCUT2D eigenvalue weighted by Gasteiger charge is 2.19. The second-order valence-electron chi connectivity index (χ2n) is 8.68. The number of likely N-dealkylation sites (N-methyl/N-ethyl adjacent to an activating group) is 1. The molecule has 0 unspecified atom stereocenters. The molecular formula is C26H28F2N6. The molecule has 2 aromatic carbocycles. The van der Waals surface area contributed by atoms with Crippen molar-refractivity contribution in [3.8, 4) is 22.6 Å². The maximum atomic E-state index is 14.8. The molecule has 0 radical (unpaired) electrons. The molecule has 1 saturated heterocycles. The minimum Gasteiger partial charge on any atom is -0.369 e. The van der Waals surface area contributed by atoms with E-state index in [9.17, 15) is 8.78 Å². The number of halogens is 2. The number of hydrogen-bond acceptors (Lipinski definition) is 5. The monoisotopic (exact) mass is 462 g/mol. The van der Waals surface area contributed by atoms with Gasteiger partial charge in [-0.1, -0.05) is 32.4 Å². The average Bonchev–Trinajstić information content (AvgIpc) is 3.27. The molecule has 1 N–H and O–H groups in total. The third-order valence-electron chi connectivity index (χ3n) is 6.49. The van der Waals surface area contributed by atoms with Crippen LogP contribution in [0.4, 0.5) is 14.5 Å². The molecular weight excluding hydrogens is 434 g/mol. The van der Waals surface area contributed by atoms with Gasteiger partial charge in [0.2, 0.25) is 0 Å². The summed E-state index contributed by atoms with van der Waals surface area (Å²) in [5.41, 5.74) is 4.24. The van der Waals surface area contributed by atoms with Gasteiger partial charge < -0.3 is 9.80 Å². The van der Waals surface area contributed by atoms with E-state index in [1.54, 1.807) is 0 Å². The van der Waals surface area contributed by atoms with Gasteiger partial charge in [-0.2, -0.15) is 5.10 Å². The van der Waals surface area contributed by atoms with Crippen LogP contribution in [0.3, 0.4) is 0 Å². The molecule has 0 atom stereocenters. The van der Waals surface area contributed by atoms with Crippen LogP contribution in [0.25, 0.3) is 33.7 Å². The lowest BCUT2D eigenvalue weighted by molar-refractivity contribution is 0.271. The number of hydrogen-bond donors (Lipinski definition) is 1. The van der Waals surface area contributed by atoms with E-state index in [1.807, 2.05) is 19.1 Å². The van der Waals surface area contributed by atoms with Gasteiger partial charge in [0.25, 0.3) is 0 Å². The highest BCUT2D eigenvalue weighted by molar-refractivity contribution is 5.90. The smallest absolute Gasteiger partial charge is 0.165 e. The van der Waals surface area contributed by atoms with E-state index >= 15 is 0 Å². The van der Waals surface area contributed by atoms with Crippen molar-refractivity contribution < 1.29 is 8.78 Å². The van der Waals surface area contributed by atoms with Gasteiger partial charge in [0.15, 0.2) is 5.82 Å². The van der Waals surface area contributed by atoms with Crippen molar-refractivity contribution in [3.05, 3.63) is 59.8 Å². The molecule has 0 saturated carbocycles. The van der Waals surface area contributed by atoms with E-state index in [-0.39, 0.29) is 11.4 Å². The molecule has 8 heteroatoms. The Morgan fingerprint density at radius 1 is 0.971 bits per heavy atom. The summed E-state index contributed by atoms with van der Waals surface area (Å²) in [5.74, 6) is -1.29. The van der Waals surface area contributed by atoms with E-state index in [2.05, 4.69) is 49.0 Å². The number of rotatable bonds is 6. The molecule has 0 amide bonds. The van der Waals surface area contributed by atoms with E-state index in [1.165, 1.54) is 24.0 Å². The predicted molar refractivity (Wildman–Crippen MR) is 131 cm³/mol. The van der Waals surface area contributed by atoms with E-state index < -0.39 is 11.6 Å². The molecule has 1 aliphatic rings. The molecule has 2 aromatic heterocycles. The Kier molecular flexibility index (Phi) is 6.24. The fraction of sp³-hybridized carbons (Fsp3) is 0.346. The summed E-state index contributed by atoms with van der Waals surface area (Å²) in [6.07, 6.45) is 2.95. The van der Waals surface area contributed by atoms with Crippen molar-refractivity contribution in [1.29, 1.82) is 0 Å². The van der Waals surface area contributed by atoms with E-state index in [4.69, 9.17) is 0 Å². The maximum Gasteiger partial charge on any atom is 0.165 e. The number of anilines is 1. The SMILES string of the molecule is CCCc1cc(F)c(-c2ncc3[nH]nc(-c4ccc(N5CCN(CC)CC5)cc4)c3n2)c(F)c1. The quantitative estimate of drug-likeness (QED) is 0.434. The van der Waals surface area contributed by atoms with E-state index in [0.29, 0.717) is 28.7 Å². The fourth-order valence-corrected chi connectivity index (χ4v) is 4.56. The van der Waals surface area contributed by atoms with Crippen LogP contribution >= 0.6 is 0 Å². The standard InChI is InChI=1S/C26H28F2N6/c1-3-5-17-14-20(27)23(21(28)15-17)26-29-16-22-25(30-26)24(32-31-22)18-6-8-19(9-7-18)34-12-10-33(4-2)11-13-34/h6-9,14-16H,3-5,10-13H2,1-2H3,(H,31,32). The maximum absolute atomic E-state index is 14.8. The minimum absolute atomic E-state index is 0.0126. The number of aromatic nitrogens is 4. The number of nitrogens with one attached hydrogen (secondary N) is 1. The number of aryl methyl sites for hydroxylation is 1. The molecule has 5 rings (SSSR count). The van der Waals surface area contributed by atoms with Gasteiger partial charge in [-0.05, 0) is 42.8 Å². The number of H-pyrrole nitrogens is 1. The zero-order valence-corrected chi connectivity index (χ0v) is 19.5. The lowest BCUT2D eigenvalue weighted by Gasteiger charge is -2.35. The Morgan fingerprint density at radius 3 is 2.32 bits per heavy atom. The summed E-state index contributed by atoms with van der Waals surface area (Å²) in [5, 5.41) is 7.34. The minimum atomic E-state index is -0.652. The lowest BCUT2D eigenvalue weighted by Crippen LogP contribution is -2.46. The molecule has 176 valence electrons. The summed E-state index contributed by atoms with van der Waals surface area (Å²) in [7, 11) is 0. The van der Waals surface area contributed by atoms with Crippen molar-refractivity contribution >= 4 is 16.7 Å². The molecule has 0 bridgehead atoms. The molecule has 1 aliphatic heterocycles. The van der Waals surface area contributed by atoms with Crippen LogP contribution in [0.15, 0.2) is 42.6 Å². The van der Waals surface area contributed by atoms with Gasteiger partial charge in [-0.3, -0.25) is 5.10 Å². The predicted octanol–water partition coefficient (Wildman–Crippen LogP) is 5.06. The topological polar surface area (TPSA) is 60.9 Å². The summed E-state index contributed by atoms with van der Waals surface area (Å²) in [6.45, 7) is 9.38. The number of benzene rings is 2. The molecule has 0 spiro atoms. The Hall–Kier alpha value is -3.39. The Bertz CT molecular complexity index is 1270. The van der Waals surface area contributed by atoms with Crippen molar-refractivity contribution in [2.75, 3.05) is 37.6 Å². The summed E-state index contributed by atoms with van der Waals surface area (Å²) in [4.78, 5) is 13.5. The van der Waals surface area contributed by atoms with Gasteiger partial charge in [0.1, 0.15) is 28.4 Å². The van der Waals surface area contributed by atoms with Gasteiger partial charge in [0.05, 0.1) is 11.8 Å². The summed E-state index contributed by atoms with van der Waals surface area (Å²) < 4.78 is 29.6. The van der Waals surface area contributed by atoms with Crippen LogP contribution in [0, 0.1) is 11.6 Å². The first-order valence-corrected chi connectivity index (χ1v) is 11.8. The van der Waals surface area contributed by atoms with Crippen LogP contribution in [0.1, 0.15) is 25.8 Å². The van der Waals surface area contributed by atoms with Crippen molar-refractivity contribution in [2.45, 2.75) is 26.7 Å². The second kappa shape index (κ2) is 9.46. The first-order chi connectivity index (χ1) is 16.6. The third-order valence-corrected chi connectivity index (χ3v) is 6.49. The average molecular weight is 463 g/mol. The highest BCUT2D eigenvalue weighted by atomic mass is 19.1. The molecule has 4 aromatic rings. The zero-order valence-electron chi connectivity index (χ0n) is 19.5. The number of piperazine rings is 1. The van der Waals surface area contributed by atoms with Gasteiger partial charge in [-0.15, -0.1) is 0 Å². The number of aromatic amines is 1. The van der Waals surface area contributed by atoms with Crippen LogP contribution in [0.2, 0.25) is 0 Å². The third kappa shape index (κ3) is 4.25. The molecule has 0 aliphatic carbocycles. The van der Waals surface area contributed by atoms with E-state index in [0.717, 1.165) is 44.7 Å². The Balaban J connectivity index is 1.45. The Labute approximate surface area is 197 Å². The van der Waals surface area contributed by atoms with Crippen LogP contribution in [-0.2, 0) is 6.42 Å². The normalized spacial score (nSPS) is 14.8. The first kappa shape index (κ1) is 22.4. The second-order valence-corrected chi connectivity index (χ2v) is 8.68. The summed E-state index contributed by atoms with van der Waals surface area (Å²) in [6, 6.07) is 10.9. The molecule has 3 heterocycles. The zero-order chi connectivity index (χ0) is 23.7.